The van der Waals surface area contributed by atoms with E-state index in [2.05, 4.69) is 20.9 Å². The van der Waals surface area contributed by atoms with Crippen LogP contribution in [-0.4, -0.2) is 37.0 Å². The first kappa shape index (κ1) is 17.7. The Bertz CT molecular complexity index is 806. The summed E-state index contributed by atoms with van der Waals surface area (Å²) in [6.45, 7) is 1.20. The zero-order valence-electron chi connectivity index (χ0n) is 13.0. The number of aromatic nitrogens is 2. The topological polar surface area (TPSA) is 93.1 Å². The van der Waals surface area contributed by atoms with Gasteiger partial charge in [0.2, 0.25) is 10.0 Å². The number of amides is 1. The minimum atomic E-state index is -3.64. The number of nitrogens with one attached hydrogen (secondary N) is 2. The molecule has 0 fully saturated rings. The molecule has 2 N–H and O–H groups in total. The van der Waals surface area contributed by atoms with Crippen LogP contribution < -0.4 is 10.0 Å². The predicted molar refractivity (Wildman–Crippen MR) is 89.6 cm³/mol. The molecule has 0 atom stereocenters. The molecule has 0 saturated carbocycles. The van der Waals surface area contributed by atoms with E-state index in [-0.39, 0.29) is 17.3 Å². The summed E-state index contributed by atoms with van der Waals surface area (Å²) < 4.78 is 27.9. The van der Waals surface area contributed by atoms with Crippen LogP contribution in [0.4, 0.5) is 0 Å². The van der Waals surface area contributed by atoms with Crippen LogP contribution in [0.25, 0.3) is 0 Å². The number of imidazole rings is 1. The molecule has 0 aliphatic carbocycles. The lowest BCUT2D eigenvalue weighted by Crippen LogP contribution is -2.26. The van der Waals surface area contributed by atoms with Crippen molar-refractivity contribution in [2.45, 2.75) is 17.9 Å². The van der Waals surface area contributed by atoms with Gasteiger partial charge in [-0.15, -0.1) is 6.42 Å². The quantitative estimate of drug-likeness (QED) is 0.541. The summed E-state index contributed by atoms with van der Waals surface area (Å²) in [6, 6.07) is 5.68. The maximum Gasteiger partial charge on any atom is 0.251 e. The molecule has 8 heteroatoms. The van der Waals surface area contributed by atoms with Gasteiger partial charge in [-0.3, -0.25) is 4.79 Å². The van der Waals surface area contributed by atoms with Crippen LogP contribution in [0.5, 0.6) is 0 Å². The van der Waals surface area contributed by atoms with Crippen molar-refractivity contribution in [3.63, 3.8) is 0 Å². The molecule has 126 valence electrons. The molecule has 0 radical (unpaired) electrons. The van der Waals surface area contributed by atoms with Gasteiger partial charge in [0, 0.05) is 31.0 Å². The molecule has 24 heavy (non-hydrogen) atoms. The number of sulfonamides is 1. The van der Waals surface area contributed by atoms with Crippen LogP contribution in [-0.2, 0) is 16.6 Å². The summed E-state index contributed by atoms with van der Waals surface area (Å²) >= 11 is 0. The summed E-state index contributed by atoms with van der Waals surface area (Å²) in [5.74, 6) is 1.95. The summed E-state index contributed by atoms with van der Waals surface area (Å²) in [7, 11) is -3.64. The lowest BCUT2D eigenvalue weighted by molar-refractivity contribution is 0.0952. The third kappa shape index (κ3) is 4.94. The highest BCUT2D eigenvalue weighted by molar-refractivity contribution is 7.89. The Kier molecular flexibility index (Phi) is 6.12. The Morgan fingerprint density at radius 2 is 2.04 bits per heavy atom. The van der Waals surface area contributed by atoms with Gasteiger partial charge in [0.15, 0.2) is 0 Å². The van der Waals surface area contributed by atoms with Crippen LogP contribution >= 0.6 is 0 Å². The Morgan fingerprint density at radius 3 is 2.67 bits per heavy atom. The van der Waals surface area contributed by atoms with E-state index in [1.807, 2.05) is 10.8 Å². The van der Waals surface area contributed by atoms with Crippen LogP contribution in [0.15, 0.2) is 47.9 Å². The number of terminal acetylenes is 1. The molecule has 0 spiro atoms. The van der Waals surface area contributed by atoms with E-state index < -0.39 is 10.0 Å². The lowest BCUT2D eigenvalue weighted by Gasteiger charge is -2.07. The Balaban J connectivity index is 1.85. The van der Waals surface area contributed by atoms with Gasteiger partial charge in [-0.1, -0.05) is 5.92 Å². The van der Waals surface area contributed by atoms with Gasteiger partial charge in [0.1, 0.15) is 0 Å². The van der Waals surface area contributed by atoms with E-state index in [9.17, 15) is 13.2 Å². The molecule has 2 rings (SSSR count). The van der Waals surface area contributed by atoms with Crippen molar-refractivity contribution >= 4 is 15.9 Å². The first-order valence-corrected chi connectivity index (χ1v) is 8.78. The average molecular weight is 346 g/mol. The molecule has 1 aromatic heterocycles. The molecule has 0 saturated heterocycles. The van der Waals surface area contributed by atoms with Crippen molar-refractivity contribution in [1.82, 2.24) is 19.6 Å². The summed E-state index contributed by atoms with van der Waals surface area (Å²) in [4.78, 5) is 16.0. The minimum absolute atomic E-state index is 0.0643. The molecular formula is C16H18N4O3S. The molecule has 0 unspecified atom stereocenters. The van der Waals surface area contributed by atoms with Gasteiger partial charge in [0.25, 0.3) is 5.91 Å². The smallest absolute Gasteiger partial charge is 0.251 e. The second-order valence-corrected chi connectivity index (χ2v) is 6.73. The van der Waals surface area contributed by atoms with Crippen LogP contribution in [0.2, 0.25) is 0 Å². The van der Waals surface area contributed by atoms with Crippen molar-refractivity contribution in [3.05, 3.63) is 48.5 Å². The van der Waals surface area contributed by atoms with Crippen LogP contribution in [0, 0.1) is 12.3 Å². The molecular weight excluding hydrogens is 328 g/mol. The van der Waals surface area contributed by atoms with E-state index in [4.69, 9.17) is 6.42 Å². The summed E-state index contributed by atoms with van der Waals surface area (Å²) in [6.07, 6.45) is 11.1. The minimum Gasteiger partial charge on any atom is -0.352 e. The fraction of sp³-hybridized carbons (Fsp3) is 0.250. The van der Waals surface area contributed by atoms with Crippen LogP contribution in [0.3, 0.4) is 0 Å². The maximum atomic E-state index is 12.0. The normalized spacial score (nSPS) is 11.0. The Hall–Kier alpha value is -2.63. The maximum absolute atomic E-state index is 12.0. The van der Waals surface area contributed by atoms with Gasteiger partial charge in [-0.25, -0.2) is 13.4 Å². The van der Waals surface area contributed by atoms with E-state index in [1.165, 1.54) is 24.3 Å². The van der Waals surface area contributed by atoms with E-state index in [0.717, 1.165) is 13.0 Å². The molecule has 0 bridgehead atoms. The van der Waals surface area contributed by atoms with Crippen molar-refractivity contribution in [2.75, 3.05) is 13.1 Å². The molecule has 1 heterocycles. The molecule has 2 aromatic rings. The molecule has 7 nitrogen and oxygen atoms in total. The number of hydrogen-bond donors (Lipinski definition) is 2. The fourth-order valence-electron chi connectivity index (χ4n) is 1.99. The molecule has 0 aliphatic heterocycles. The van der Waals surface area contributed by atoms with Gasteiger partial charge in [-0.2, -0.15) is 4.72 Å². The standard InChI is InChI=1S/C16H18N4O3S/c1-2-8-19-24(22,23)15-6-4-14(5-7-15)16(21)18-9-3-11-20-12-10-17-13-20/h1,4-7,10,12-13,19H,3,8-9,11H2,(H,18,21). The van der Waals surface area contributed by atoms with Crippen molar-refractivity contribution in [3.8, 4) is 12.3 Å². The third-order valence-corrected chi connectivity index (χ3v) is 4.65. The van der Waals surface area contributed by atoms with Gasteiger partial charge in [0.05, 0.1) is 17.8 Å². The van der Waals surface area contributed by atoms with E-state index in [1.54, 1.807) is 12.5 Å². The number of nitrogens with zero attached hydrogens (tertiary/aromatic N) is 2. The second kappa shape index (κ2) is 8.29. The highest BCUT2D eigenvalue weighted by Crippen LogP contribution is 2.10. The van der Waals surface area contributed by atoms with Gasteiger partial charge >= 0.3 is 0 Å². The number of benzene rings is 1. The number of hydrogen-bond acceptors (Lipinski definition) is 4. The number of rotatable bonds is 8. The molecule has 0 aliphatic rings. The zero-order valence-corrected chi connectivity index (χ0v) is 13.8. The molecule has 1 aromatic carbocycles. The number of carbonyl (C=O) groups is 1. The second-order valence-electron chi connectivity index (χ2n) is 4.96. The van der Waals surface area contributed by atoms with Gasteiger partial charge < -0.3 is 9.88 Å². The van der Waals surface area contributed by atoms with Gasteiger partial charge in [-0.05, 0) is 30.7 Å². The zero-order chi connectivity index (χ0) is 17.4. The number of aryl methyl sites for hydroxylation is 1. The number of carbonyl (C=O) groups excluding carboxylic acids is 1. The average Bonchev–Trinajstić information content (AvgIpc) is 3.10. The SMILES string of the molecule is C#CCNS(=O)(=O)c1ccc(C(=O)NCCCn2ccnc2)cc1. The molecule has 1 amide bonds. The van der Waals surface area contributed by atoms with E-state index in [0.29, 0.717) is 12.1 Å². The van der Waals surface area contributed by atoms with Crippen molar-refractivity contribution in [1.29, 1.82) is 0 Å². The fourth-order valence-corrected chi connectivity index (χ4v) is 2.92. The van der Waals surface area contributed by atoms with E-state index >= 15 is 0 Å². The Labute approximate surface area is 141 Å². The summed E-state index contributed by atoms with van der Waals surface area (Å²) in [5, 5.41) is 2.79. The summed E-state index contributed by atoms with van der Waals surface area (Å²) in [5.41, 5.74) is 0.397. The first-order valence-electron chi connectivity index (χ1n) is 7.30. The predicted octanol–water partition coefficient (Wildman–Crippen LogP) is 0.615. The monoisotopic (exact) mass is 346 g/mol. The third-order valence-electron chi connectivity index (χ3n) is 3.23. The first-order chi connectivity index (χ1) is 11.5. The highest BCUT2D eigenvalue weighted by Gasteiger charge is 2.13. The lowest BCUT2D eigenvalue weighted by atomic mass is 10.2. The van der Waals surface area contributed by atoms with Crippen LogP contribution in [0.1, 0.15) is 16.8 Å². The van der Waals surface area contributed by atoms with Crippen molar-refractivity contribution < 1.29 is 13.2 Å². The largest absolute Gasteiger partial charge is 0.352 e. The van der Waals surface area contributed by atoms with Crippen molar-refractivity contribution in [2.24, 2.45) is 0 Å². The Morgan fingerprint density at radius 1 is 1.29 bits per heavy atom. The highest BCUT2D eigenvalue weighted by atomic mass is 32.2.